The van der Waals surface area contributed by atoms with E-state index in [-0.39, 0.29) is 11.5 Å². The number of carbonyl (C=O) groups is 2. The number of piperazine rings is 1. The molecule has 0 aromatic heterocycles. The van der Waals surface area contributed by atoms with Gasteiger partial charge in [0, 0.05) is 43.0 Å². The molecule has 0 spiro atoms. The summed E-state index contributed by atoms with van der Waals surface area (Å²) in [5.74, 6) is 0.156. The Morgan fingerprint density at radius 1 is 0.837 bits per heavy atom. The predicted molar refractivity (Wildman–Crippen MR) is 171 cm³/mol. The molecular formula is C34H37N3O5S. The summed E-state index contributed by atoms with van der Waals surface area (Å²) < 4.78 is 31.5. The minimum Gasteiger partial charge on any atom is -0.494 e. The maximum atomic E-state index is 13.7. The van der Waals surface area contributed by atoms with Crippen LogP contribution in [0.15, 0.2) is 84.9 Å². The standard InChI is InChI=1S/C34H37N3O5S/c1-5-42-27-10-8-9-25(23-27)28-17-18-31(30-12-7-6-11-29(28)30)33(39)37-21-19-36(20-22-37)26-15-13-24(14-16-26)32(38)35-43(40,41)34(2,3)4/h6-18,23H,5,19-22H2,1-4H3,(H,35,38). The minimum atomic E-state index is -3.80. The molecule has 0 atom stereocenters. The zero-order valence-corrected chi connectivity index (χ0v) is 25.8. The number of hydrogen-bond donors (Lipinski definition) is 1. The molecular weight excluding hydrogens is 562 g/mol. The Hall–Kier alpha value is -4.37. The lowest BCUT2D eigenvalue weighted by molar-refractivity contribution is 0.0748. The Balaban J connectivity index is 1.28. The van der Waals surface area contributed by atoms with Crippen LogP contribution in [-0.4, -0.2) is 62.7 Å². The molecule has 5 rings (SSSR count). The highest BCUT2D eigenvalue weighted by Gasteiger charge is 2.31. The fourth-order valence-corrected chi connectivity index (χ4v) is 5.82. The largest absolute Gasteiger partial charge is 0.494 e. The number of amides is 2. The van der Waals surface area contributed by atoms with Gasteiger partial charge in [0.15, 0.2) is 0 Å². The van der Waals surface area contributed by atoms with E-state index in [1.165, 1.54) is 20.8 Å². The first-order chi connectivity index (χ1) is 20.5. The zero-order chi connectivity index (χ0) is 30.8. The molecule has 1 heterocycles. The number of ether oxygens (including phenoxy) is 1. The number of fused-ring (bicyclic) bond motifs is 1. The van der Waals surface area contributed by atoms with E-state index in [0.717, 1.165) is 33.3 Å². The molecule has 1 saturated heterocycles. The summed E-state index contributed by atoms with van der Waals surface area (Å²) in [6.07, 6.45) is 0. The summed E-state index contributed by atoms with van der Waals surface area (Å²) in [6, 6.07) is 26.8. The van der Waals surface area contributed by atoms with Crippen molar-refractivity contribution in [3.8, 4) is 16.9 Å². The SMILES string of the molecule is CCOc1cccc(-c2ccc(C(=O)N3CCN(c4ccc(C(=O)NS(=O)(=O)C(C)(C)C)cc4)CC3)c3ccccc23)c1. The van der Waals surface area contributed by atoms with Crippen molar-refractivity contribution in [1.29, 1.82) is 0 Å². The van der Waals surface area contributed by atoms with Gasteiger partial charge in [0.05, 0.1) is 11.4 Å². The number of hydrogen-bond acceptors (Lipinski definition) is 6. The second kappa shape index (κ2) is 12.1. The number of carbonyl (C=O) groups excluding carboxylic acids is 2. The van der Waals surface area contributed by atoms with Crippen LogP contribution in [-0.2, 0) is 10.0 Å². The highest BCUT2D eigenvalue weighted by molar-refractivity contribution is 7.91. The average Bonchev–Trinajstić information content (AvgIpc) is 3.00. The summed E-state index contributed by atoms with van der Waals surface area (Å²) in [5.41, 5.74) is 3.94. The van der Waals surface area contributed by atoms with Gasteiger partial charge in [-0.25, -0.2) is 13.1 Å². The van der Waals surface area contributed by atoms with E-state index in [1.54, 1.807) is 12.1 Å². The van der Waals surface area contributed by atoms with E-state index in [9.17, 15) is 18.0 Å². The Morgan fingerprint density at radius 3 is 2.16 bits per heavy atom. The maximum absolute atomic E-state index is 13.7. The third kappa shape index (κ3) is 6.37. The van der Waals surface area contributed by atoms with Crippen molar-refractivity contribution < 1.29 is 22.7 Å². The van der Waals surface area contributed by atoms with Crippen molar-refractivity contribution in [1.82, 2.24) is 9.62 Å². The molecule has 4 aromatic rings. The van der Waals surface area contributed by atoms with Crippen molar-refractivity contribution in [2.75, 3.05) is 37.7 Å². The topological polar surface area (TPSA) is 96.0 Å². The minimum absolute atomic E-state index is 0.00227. The quantitative estimate of drug-likeness (QED) is 0.292. The first kappa shape index (κ1) is 30.1. The second-order valence-electron chi connectivity index (χ2n) is 11.5. The molecule has 0 saturated carbocycles. The lowest BCUT2D eigenvalue weighted by Gasteiger charge is -2.36. The fraction of sp³-hybridized carbons (Fsp3) is 0.294. The third-order valence-electron chi connectivity index (χ3n) is 7.71. The van der Waals surface area contributed by atoms with Crippen LogP contribution in [0.25, 0.3) is 21.9 Å². The molecule has 2 amide bonds. The number of nitrogens with one attached hydrogen (secondary N) is 1. The first-order valence-corrected chi connectivity index (χ1v) is 15.9. The van der Waals surface area contributed by atoms with Crippen molar-refractivity contribution in [2.45, 2.75) is 32.4 Å². The molecule has 0 bridgehead atoms. The average molecular weight is 600 g/mol. The van der Waals surface area contributed by atoms with Crippen LogP contribution in [0.5, 0.6) is 5.75 Å². The van der Waals surface area contributed by atoms with E-state index < -0.39 is 20.7 Å². The number of anilines is 1. The van der Waals surface area contributed by atoms with Crippen molar-refractivity contribution in [3.05, 3.63) is 96.1 Å². The Kier molecular flexibility index (Phi) is 8.46. The van der Waals surface area contributed by atoms with Gasteiger partial charge in [0.1, 0.15) is 5.75 Å². The molecule has 0 radical (unpaired) electrons. The number of rotatable bonds is 7. The summed E-state index contributed by atoms with van der Waals surface area (Å²) in [6.45, 7) is 9.55. The van der Waals surface area contributed by atoms with E-state index in [0.29, 0.717) is 38.3 Å². The molecule has 1 aliphatic rings. The molecule has 1 fully saturated rings. The monoisotopic (exact) mass is 599 g/mol. The first-order valence-electron chi connectivity index (χ1n) is 14.4. The van der Waals surface area contributed by atoms with Crippen molar-refractivity contribution in [3.63, 3.8) is 0 Å². The zero-order valence-electron chi connectivity index (χ0n) is 25.0. The number of nitrogens with zero attached hydrogens (tertiary/aromatic N) is 2. The van der Waals surface area contributed by atoms with Gasteiger partial charge >= 0.3 is 0 Å². The van der Waals surface area contributed by atoms with Gasteiger partial charge in [-0.05, 0) is 92.1 Å². The van der Waals surface area contributed by atoms with Crippen molar-refractivity contribution in [2.24, 2.45) is 0 Å². The highest BCUT2D eigenvalue weighted by atomic mass is 32.2. The van der Waals surface area contributed by atoms with Gasteiger partial charge in [-0.3, -0.25) is 9.59 Å². The van der Waals surface area contributed by atoms with Crippen LogP contribution in [0.2, 0.25) is 0 Å². The van der Waals surface area contributed by atoms with Gasteiger partial charge in [-0.2, -0.15) is 0 Å². The van der Waals surface area contributed by atoms with E-state index in [2.05, 4.69) is 21.8 Å². The summed E-state index contributed by atoms with van der Waals surface area (Å²) in [7, 11) is -3.80. The molecule has 9 heteroatoms. The number of sulfonamides is 1. The second-order valence-corrected chi connectivity index (χ2v) is 14.0. The third-order valence-corrected chi connectivity index (χ3v) is 9.77. The molecule has 1 aliphatic heterocycles. The lowest BCUT2D eigenvalue weighted by Crippen LogP contribution is -2.48. The van der Waals surface area contributed by atoms with E-state index in [1.807, 2.05) is 72.5 Å². The molecule has 43 heavy (non-hydrogen) atoms. The highest BCUT2D eigenvalue weighted by Crippen LogP contribution is 2.33. The smallest absolute Gasteiger partial charge is 0.264 e. The van der Waals surface area contributed by atoms with Crippen LogP contribution in [0.4, 0.5) is 5.69 Å². The molecule has 0 unspecified atom stereocenters. The molecule has 0 aliphatic carbocycles. The van der Waals surface area contributed by atoms with Gasteiger partial charge < -0.3 is 14.5 Å². The number of benzene rings is 4. The molecule has 4 aromatic carbocycles. The van der Waals surface area contributed by atoms with E-state index >= 15 is 0 Å². The fourth-order valence-electron chi connectivity index (χ4n) is 5.15. The predicted octanol–water partition coefficient (Wildman–Crippen LogP) is 5.73. The maximum Gasteiger partial charge on any atom is 0.264 e. The summed E-state index contributed by atoms with van der Waals surface area (Å²) in [4.78, 5) is 30.3. The Labute approximate surface area is 253 Å². The normalized spacial score (nSPS) is 14.0. The van der Waals surface area contributed by atoms with Gasteiger partial charge in [0.25, 0.3) is 11.8 Å². The molecule has 1 N–H and O–H groups in total. The van der Waals surface area contributed by atoms with Crippen LogP contribution < -0.4 is 14.4 Å². The van der Waals surface area contributed by atoms with Crippen molar-refractivity contribution >= 4 is 38.3 Å². The van der Waals surface area contributed by atoms with Gasteiger partial charge in [-0.15, -0.1) is 0 Å². The summed E-state index contributed by atoms with van der Waals surface area (Å²) in [5, 5.41) is 1.93. The summed E-state index contributed by atoms with van der Waals surface area (Å²) >= 11 is 0. The van der Waals surface area contributed by atoms with Gasteiger partial charge in [0.2, 0.25) is 10.0 Å². The van der Waals surface area contributed by atoms with E-state index in [4.69, 9.17) is 4.74 Å². The van der Waals surface area contributed by atoms with Crippen LogP contribution in [0.3, 0.4) is 0 Å². The van der Waals surface area contributed by atoms with Gasteiger partial charge in [-0.1, -0.05) is 42.5 Å². The lowest BCUT2D eigenvalue weighted by atomic mass is 9.94. The molecule has 8 nitrogen and oxygen atoms in total. The molecule has 224 valence electrons. The van der Waals surface area contributed by atoms with Crippen LogP contribution in [0, 0.1) is 0 Å². The Morgan fingerprint density at radius 2 is 1.51 bits per heavy atom. The van der Waals surface area contributed by atoms with Crippen LogP contribution in [0.1, 0.15) is 48.4 Å². The Bertz CT molecular complexity index is 1750. The van der Waals surface area contributed by atoms with Crippen LogP contribution >= 0.6 is 0 Å².